The van der Waals surface area contributed by atoms with E-state index in [-0.39, 0.29) is 24.8 Å². The van der Waals surface area contributed by atoms with E-state index < -0.39 is 16.1 Å². The van der Waals surface area contributed by atoms with E-state index in [1.165, 1.54) is 10.6 Å². The van der Waals surface area contributed by atoms with Crippen LogP contribution in [0.25, 0.3) is 0 Å². The molecule has 0 aliphatic heterocycles. The topological polar surface area (TPSA) is 86.8 Å². The average Bonchev–Trinajstić information content (AvgIpc) is 2.76. The Hall–Kier alpha value is -2.87. The van der Waals surface area contributed by atoms with Gasteiger partial charge in [0.25, 0.3) is 0 Å². The summed E-state index contributed by atoms with van der Waals surface area (Å²) in [6.45, 7) is 10.6. The smallest absolute Gasteiger partial charge is 0.242 e. The van der Waals surface area contributed by atoms with E-state index in [9.17, 15) is 18.0 Å². The van der Waals surface area contributed by atoms with Crippen molar-refractivity contribution in [3.63, 3.8) is 0 Å². The van der Waals surface area contributed by atoms with Crippen molar-refractivity contribution in [2.24, 2.45) is 0 Å². The fourth-order valence-corrected chi connectivity index (χ4v) is 5.03. The number of nitrogens with one attached hydrogen (secondary N) is 1. The molecule has 2 aromatic rings. The third-order valence-electron chi connectivity index (χ3n) is 5.80. The van der Waals surface area contributed by atoms with Gasteiger partial charge in [0.05, 0.1) is 11.9 Å². The van der Waals surface area contributed by atoms with E-state index in [1.54, 1.807) is 11.8 Å². The highest BCUT2D eigenvalue weighted by molar-refractivity contribution is 7.92. The van der Waals surface area contributed by atoms with Crippen molar-refractivity contribution in [3.8, 4) is 0 Å². The molecule has 1 N–H and O–H groups in total. The van der Waals surface area contributed by atoms with Crippen molar-refractivity contribution in [2.45, 2.75) is 66.5 Å². The van der Waals surface area contributed by atoms with Crippen molar-refractivity contribution in [2.75, 3.05) is 23.7 Å². The summed E-state index contributed by atoms with van der Waals surface area (Å²) in [5.41, 5.74) is 4.57. The van der Waals surface area contributed by atoms with Gasteiger partial charge in [0.2, 0.25) is 21.8 Å². The largest absolute Gasteiger partial charge is 0.354 e. The second kappa shape index (κ2) is 12.7. The molecule has 2 aromatic carbocycles. The van der Waals surface area contributed by atoms with Gasteiger partial charge < -0.3 is 10.2 Å². The number of aryl methyl sites for hydroxylation is 3. The van der Waals surface area contributed by atoms with E-state index in [4.69, 9.17) is 0 Å². The highest BCUT2D eigenvalue weighted by atomic mass is 32.2. The van der Waals surface area contributed by atoms with Gasteiger partial charge >= 0.3 is 0 Å². The van der Waals surface area contributed by atoms with E-state index >= 15 is 0 Å². The standard InChI is InChI=1S/C27H39N3O4S/c1-7-13-28-27(32)23(5)29(19-24-11-8-10-20(2)16-24)26(31)12-9-14-30(35(6,33)34)25-17-21(3)15-22(4)18-25/h8,10-11,15-18,23H,7,9,12-14,19H2,1-6H3,(H,28,32). The Morgan fingerprint density at radius 3 is 2.23 bits per heavy atom. The molecule has 0 saturated carbocycles. The Bertz CT molecular complexity index is 1110. The Balaban J connectivity index is 2.18. The maximum atomic E-state index is 13.3. The molecule has 2 amide bonds. The molecule has 0 aromatic heterocycles. The van der Waals surface area contributed by atoms with Gasteiger partial charge in [-0.05, 0) is 69.4 Å². The third-order valence-corrected chi connectivity index (χ3v) is 6.99. The molecule has 0 fully saturated rings. The third kappa shape index (κ3) is 8.69. The molecule has 7 nitrogen and oxygen atoms in total. The van der Waals surface area contributed by atoms with E-state index in [0.717, 1.165) is 28.7 Å². The number of rotatable bonds is 12. The quantitative estimate of drug-likeness (QED) is 0.474. The van der Waals surface area contributed by atoms with Crippen LogP contribution >= 0.6 is 0 Å². The van der Waals surface area contributed by atoms with Gasteiger partial charge in [0.1, 0.15) is 6.04 Å². The number of hydrogen-bond acceptors (Lipinski definition) is 4. The first-order chi connectivity index (χ1) is 16.4. The van der Waals surface area contributed by atoms with Crippen molar-refractivity contribution >= 4 is 27.5 Å². The lowest BCUT2D eigenvalue weighted by atomic mass is 10.1. The number of hydrogen-bond donors (Lipinski definition) is 1. The minimum absolute atomic E-state index is 0.133. The maximum absolute atomic E-state index is 13.3. The summed E-state index contributed by atoms with van der Waals surface area (Å²) in [4.78, 5) is 27.6. The fraction of sp³-hybridized carbons (Fsp3) is 0.481. The van der Waals surface area contributed by atoms with Crippen LogP contribution in [0.5, 0.6) is 0 Å². The number of amides is 2. The summed E-state index contributed by atoms with van der Waals surface area (Å²) < 4.78 is 26.4. The van der Waals surface area contributed by atoms with Gasteiger partial charge in [-0.15, -0.1) is 0 Å². The van der Waals surface area contributed by atoms with Gasteiger partial charge in [-0.1, -0.05) is 42.8 Å². The van der Waals surface area contributed by atoms with Crippen LogP contribution in [-0.2, 0) is 26.2 Å². The molecule has 35 heavy (non-hydrogen) atoms. The molecule has 192 valence electrons. The van der Waals surface area contributed by atoms with Crippen LogP contribution in [0.1, 0.15) is 55.4 Å². The molecule has 0 heterocycles. The molecule has 0 aliphatic carbocycles. The summed E-state index contributed by atoms with van der Waals surface area (Å²) in [7, 11) is -3.52. The molecular formula is C27H39N3O4S. The van der Waals surface area contributed by atoms with Crippen LogP contribution in [0, 0.1) is 20.8 Å². The molecule has 2 rings (SSSR count). The Morgan fingerprint density at radius 2 is 1.66 bits per heavy atom. The zero-order valence-electron chi connectivity index (χ0n) is 21.8. The average molecular weight is 502 g/mol. The molecule has 0 radical (unpaired) electrons. The number of sulfonamides is 1. The zero-order chi connectivity index (χ0) is 26.2. The number of benzene rings is 2. The first-order valence-corrected chi connectivity index (χ1v) is 14.0. The molecule has 0 saturated heterocycles. The lowest BCUT2D eigenvalue weighted by Crippen LogP contribution is -2.47. The molecule has 8 heteroatoms. The normalized spacial score (nSPS) is 12.2. The molecule has 0 spiro atoms. The second-order valence-corrected chi connectivity index (χ2v) is 11.2. The summed E-state index contributed by atoms with van der Waals surface area (Å²) in [6.07, 6.45) is 2.46. The van der Waals surface area contributed by atoms with Gasteiger partial charge in [0, 0.05) is 26.1 Å². The molecule has 1 unspecified atom stereocenters. The summed E-state index contributed by atoms with van der Waals surface area (Å²) in [6, 6.07) is 12.9. The van der Waals surface area contributed by atoms with E-state index in [2.05, 4.69) is 5.32 Å². The van der Waals surface area contributed by atoms with E-state index in [1.807, 2.05) is 70.2 Å². The highest BCUT2D eigenvalue weighted by Gasteiger charge is 2.26. The Morgan fingerprint density at radius 1 is 1.00 bits per heavy atom. The van der Waals surface area contributed by atoms with E-state index in [0.29, 0.717) is 25.2 Å². The van der Waals surface area contributed by atoms with Gasteiger partial charge in [-0.25, -0.2) is 8.42 Å². The van der Waals surface area contributed by atoms with Crippen LogP contribution in [0.15, 0.2) is 42.5 Å². The first kappa shape index (κ1) is 28.4. The number of carbonyl (C=O) groups is 2. The van der Waals surface area contributed by atoms with Gasteiger partial charge in [-0.2, -0.15) is 0 Å². The number of nitrogens with zero attached hydrogens (tertiary/aromatic N) is 2. The first-order valence-electron chi connectivity index (χ1n) is 12.1. The van der Waals surface area contributed by atoms with Crippen molar-refractivity contribution < 1.29 is 18.0 Å². The second-order valence-electron chi connectivity index (χ2n) is 9.26. The van der Waals surface area contributed by atoms with Gasteiger partial charge in [0.15, 0.2) is 0 Å². The van der Waals surface area contributed by atoms with Crippen LogP contribution in [0.2, 0.25) is 0 Å². The van der Waals surface area contributed by atoms with Gasteiger partial charge in [-0.3, -0.25) is 13.9 Å². The summed E-state index contributed by atoms with van der Waals surface area (Å²) in [5, 5.41) is 2.87. The van der Waals surface area contributed by atoms with Crippen LogP contribution in [-0.4, -0.2) is 50.5 Å². The predicted octanol–water partition coefficient (Wildman–Crippen LogP) is 4.10. The summed E-state index contributed by atoms with van der Waals surface area (Å²) >= 11 is 0. The predicted molar refractivity (Wildman–Crippen MR) is 142 cm³/mol. The van der Waals surface area contributed by atoms with Crippen molar-refractivity contribution in [3.05, 3.63) is 64.7 Å². The highest BCUT2D eigenvalue weighted by Crippen LogP contribution is 2.22. The lowest BCUT2D eigenvalue weighted by molar-refractivity contribution is -0.140. The zero-order valence-corrected chi connectivity index (χ0v) is 22.6. The Kier molecular flexibility index (Phi) is 10.3. The molecular weight excluding hydrogens is 462 g/mol. The lowest BCUT2D eigenvalue weighted by Gasteiger charge is -2.29. The summed E-state index contributed by atoms with van der Waals surface area (Å²) in [5.74, 6) is -0.375. The Labute approximate surface area is 210 Å². The monoisotopic (exact) mass is 501 g/mol. The van der Waals surface area contributed by atoms with Crippen LogP contribution in [0.3, 0.4) is 0 Å². The van der Waals surface area contributed by atoms with Crippen LogP contribution < -0.4 is 9.62 Å². The molecule has 1 atom stereocenters. The maximum Gasteiger partial charge on any atom is 0.242 e. The minimum atomic E-state index is -3.52. The molecule has 0 aliphatic rings. The van der Waals surface area contributed by atoms with Crippen LogP contribution in [0.4, 0.5) is 5.69 Å². The molecule has 0 bridgehead atoms. The minimum Gasteiger partial charge on any atom is -0.354 e. The van der Waals surface area contributed by atoms with Crippen molar-refractivity contribution in [1.82, 2.24) is 10.2 Å². The number of carbonyl (C=O) groups excluding carboxylic acids is 2. The number of anilines is 1. The van der Waals surface area contributed by atoms with Crippen molar-refractivity contribution in [1.29, 1.82) is 0 Å². The SMILES string of the molecule is CCCNC(=O)C(C)N(Cc1cccc(C)c1)C(=O)CCCN(c1cc(C)cc(C)c1)S(C)(=O)=O. The fourth-order valence-electron chi connectivity index (χ4n) is 4.08.